The van der Waals surface area contributed by atoms with Gasteiger partial charge in [-0.1, -0.05) is 95.5 Å². The number of carbonyl (C=O) groups excluding carboxylic acids is 2. The summed E-state index contributed by atoms with van der Waals surface area (Å²) in [4.78, 5) is 24.5. The van der Waals surface area contributed by atoms with E-state index in [2.05, 4.69) is 75.0 Å². The molecule has 8 heteroatoms. The maximum atomic E-state index is 12.4. The van der Waals surface area contributed by atoms with Gasteiger partial charge in [0.1, 0.15) is 25.6 Å². The molecule has 1 aliphatic carbocycles. The highest BCUT2D eigenvalue weighted by atomic mass is 16.6. The van der Waals surface area contributed by atoms with Crippen LogP contribution in [0.4, 0.5) is 0 Å². The molecule has 1 saturated carbocycles. The lowest BCUT2D eigenvalue weighted by Crippen LogP contribution is -2.43. The molecule has 57 heavy (non-hydrogen) atoms. The fourth-order valence-electron chi connectivity index (χ4n) is 7.93. The lowest BCUT2D eigenvalue weighted by atomic mass is 9.77. The summed E-state index contributed by atoms with van der Waals surface area (Å²) in [6.45, 7) is 10.2. The molecule has 0 aromatic heterocycles. The fourth-order valence-corrected chi connectivity index (χ4v) is 7.93. The first-order valence-electron chi connectivity index (χ1n) is 21.4. The molecule has 0 radical (unpaired) electrons. The number of rotatable bonds is 24. The second kappa shape index (κ2) is 23.4. The molecule has 1 unspecified atom stereocenters. The number of hydrogen-bond acceptors (Lipinski definition) is 8. The first-order chi connectivity index (χ1) is 27.6. The Morgan fingerprint density at radius 3 is 1.91 bits per heavy atom. The Morgan fingerprint density at radius 1 is 0.737 bits per heavy atom. The van der Waals surface area contributed by atoms with Crippen molar-refractivity contribution in [1.82, 2.24) is 0 Å². The van der Waals surface area contributed by atoms with Crippen molar-refractivity contribution in [2.45, 2.75) is 124 Å². The molecular formula is C49H68O8. The topological polar surface area (TPSA) is 123 Å². The molecule has 1 atom stereocenters. The average molecular weight is 785 g/mol. The first-order valence-corrected chi connectivity index (χ1v) is 21.4. The van der Waals surface area contributed by atoms with E-state index in [1.807, 2.05) is 0 Å². The Balaban J connectivity index is 1.62. The van der Waals surface area contributed by atoms with Crippen LogP contribution in [0.2, 0.25) is 0 Å². The van der Waals surface area contributed by atoms with Gasteiger partial charge in [0, 0.05) is 25.2 Å². The van der Waals surface area contributed by atoms with E-state index in [1.54, 1.807) is 6.92 Å². The van der Waals surface area contributed by atoms with Gasteiger partial charge in [-0.25, -0.2) is 4.79 Å². The largest absolute Gasteiger partial charge is 0.492 e. The van der Waals surface area contributed by atoms with E-state index in [0.29, 0.717) is 37.4 Å². The van der Waals surface area contributed by atoms with Crippen LogP contribution in [-0.2, 0) is 38.3 Å². The van der Waals surface area contributed by atoms with E-state index in [4.69, 9.17) is 14.2 Å². The SMILES string of the molecule is C=C(C)C(=O)OCC(CO)(COC(=O)CC)COc1c(CCCO)cc(-c2ccc(-c3ccc(C4CCC(CCCCC)CC4)cc3)cc2CC)cc1CCCO. The van der Waals surface area contributed by atoms with Gasteiger partial charge in [0.2, 0.25) is 0 Å². The van der Waals surface area contributed by atoms with Crippen LogP contribution in [0.1, 0.15) is 126 Å². The summed E-state index contributed by atoms with van der Waals surface area (Å²) in [7, 11) is 0. The molecular weight excluding hydrogens is 717 g/mol. The van der Waals surface area contributed by atoms with E-state index >= 15 is 0 Å². The Labute approximate surface area is 341 Å². The second-order valence-electron chi connectivity index (χ2n) is 16.2. The Morgan fingerprint density at radius 2 is 1.35 bits per heavy atom. The molecule has 4 rings (SSSR count). The van der Waals surface area contributed by atoms with Crippen LogP contribution in [0.25, 0.3) is 22.3 Å². The highest BCUT2D eigenvalue weighted by Gasteiger charge is 2.35. The van der Waals surface area contributed by atoms with Crippen LogP contribution in [0.15, 0.2) is 66.7 Å². The molecule has 1 aliphatic rings. The zero-order valence-electron chi connectivity index (χ0n) is 35.1. The van der Waals surface area contributed by atoms with Gasteiger partial charge < -0.3 is 29.5 Å². The van der Waals surface area contributed by atoms with Crippen molar-refractivity contribution in [2.24, 2.45) is 11.3 Å². The van der Waals surface area contributed by atoms with Gasteiger partial charge in [-0.05, 0) is 133 Å². The summed E-state index contributed by atoms with van der Waals surface area (Å²) in [5, 5.41) is 30.4. The monoisotopic (exact) mass is 784 g/mol. The summed E-state index contributed by atoms with van der Waals surface area (Å²) in [5.74, 6) is 1.08. The predicted octanol–water partition coefficient (Wildman–Crippen LogP) is 9.72. The number of aliphatic hydroxyl groups excluding tert-OH is 3. The Hall–Kier alpha value is -3.98. The van der Waals surface area contributed by atoms with Crippen molar-refractivity contribution < 1.29 is 39.1 Å². The average Bonchev–Trinajstić information content (AvgIpc) is 3.24. The van der Waals surface area contributed by atoms with E-state index in [-0.39, 0.29) is 45.0 Å². The minimum absolute atomic E-state index is 0.00590. The molecule has 0 amide bonds. The number of unbranched alkanes of at least 4 members (excludes halogenated alkanes) is 2. The van der Waals surface area contributed by atoms with Gasteiger partial charge in [0.25, 0.3) is 0 Å². The van der Waals surface area contributed by atoms with Crippen LogP contribution in [0.5, 0.6) is 5.75 Å². The van der Waals surface area contributed by atoms with E-state index in [1.165, 1.54) is 80.5 Å². The summed E-state index contributed by atoms with van der Waals surface area (Å²) in [6, 6.07) is 20.1. The molecule has 3 N–H and O–H groups in total. The van der Waals surface area contributed by atoms with Crippen molar-refractivity contribution in [3.8, 4) is 28.0 Å². The lowest BCUT2D eigenvalue weighted by molar-refractivity contribution is -0.156. The van der Waals surface area contributed by atoms with Gasteiger partial charge in [0.15, 0.2) is 0 Å². The molecule has 0 bridgehead atoms. The Kier molecular flexibility index (Phi) is 18.8. The smallest absolute Gasteiger partial charge is 0.333 e. The number of esters is 2. The first kappa shape index (κ1) is 45.7. The molecule has 0 spiro atoms. The maximum Gasteiger partial charge on any atom is 0.333 e. The zero-order valence-corrected chi connectivity index (χ0v) is 35.1. The van der Waals surface area contributed by atoms with E-state index in [9.17, 15) is 24.9 Å². The molecule has 312 valence electrons. The summed E-state index contributed by atoms with van der Waals surface area (Å²) < 4.78 is 17.5. The van der Waals surface area contributed by atoms with Gasteiger partial charge in [0.05, 0.1) is 12.0 Å². The third kappa shape index (κ3) is 13.3. The second-order valence-corrected chi connectivity index (χ2v) is 16.2. The van der Waals surface area contributed by atoms with Crippen LogP contribution in [0, 0.1) is 11.3 Å². The maximum absolute atomic E-state index is 12.4. The van der Waals surface area contributed by atoms with Crippen LogP contribution in [-0.4, -0.2) is 66.9 Å². The molecule has 3 aromatic rings. The predicted molar refractivity (Wildman–Crippen MR) is 228 cm³/mol. The van der Waals surface area contributed by atoms with Crippen molar-refractivity contribution in [1.29, 1.82) is 0 Å². The van der Waals surface area contributed by atoms with Crippen LogP contribution < -0.4 is 4.74 Å². The molecule has 0 aliphatic heterocycles. The standard InChI is InChI=1S/C49H68O8/c1-6-9-10-13-36-16-18-38(19-17-36)39-20-22-40(23-21-39)41-24-25-45(37(7-2)28-41)44-29-42(14-11-26-50)47(43(30-44)15-12-27-51)56-33-49(31-52,32-55-46(53)8-3)34-57-48(54)35(4)5/h20-25,28-30,36,38,50-52H,4,6-19,26-27,31-34H2,1-3,5H3. The van der Waals surface area contributed by atoms with Crippen molar-refractivity contribution >= 4 is 11.9 Å². The third-order valence-electron chi connectivity index (χ3n) is 11.6. The minimum atomic E-state index is -1.24. The third-order valence-corrected chi connectivity index (χ3v) is 11.6. The molecule has 3 aromatic carbocycles. The van der Waals surface area contributed by atoms with E-state index in [0.717, 1.165) is 34.6 Å². The number of hydrogen-bond donors (Lipinski definition) is 3. The zero-order chi connectivity index (χ0) is 41.2. The molecule has 1 fully saturated rings. The normalized spacial score (nSPS) is 16.5. The van der Waals surface area contributed by atoms with Gasteiger partial charge in [-0.15, -0.1) is 0 Å². The number of ether oxygens (including phenoxy) is 3. The molecule has 8 nitrogen and oxygen atoms in total. The van der Waals surface area contributed by atoms with Crippen molar-refractivity contribution in [2.75, 3.05) is 39.6 Å². The highest BCUT2D eigenvalue weighted by molar-refractivity contribution is 5.87. The number of carbonyl (C=O) groups is 2. The Bertz CT molecular complexity index is 1690. The van der Waals surface area contributed by atoms with Crippen molar-refractivity contribution in [3.63, 3.8) is 0 Å². The molecule has 0 heterocycles. The highest BCUT2D eigenvalue weighted by Crippen LogP contribution is 2.40. The van der Waals surface area contributed by atoms with E-state index < -0.39 is 24.0 Å². The lowest BCUT2D eigenvalue weighted by Gasteiger charge is -2.31. The number of benzene rings is 3. The quantitative estimate of drug-likeness (QED) is 0.0467. The number of aryl methyl sites for hydroxylation is 3. The minimum Gasteiger partial charge on any atom is -0.492 e. The van der Waals surface area contributed by atoms with Gasteiger partial charge in [-0.3, -0.25) is 4.79 Å². The number of aliphatic hydroxyl groups is 3. The fraction of sp³-hybridized carbons (Fsp3) is 0.551. The molecule has 0 saturated heterocycles. The summed E-state index contributed by atoms with van der Waals surface area (Å²) in [6.07, 6.45) is 13.7. The van der Waals surface area contributed by atoms with Crippen LogP contribution in [0.3, 0.4) is 0 Å². The van der Waals surface area contributed by atoms with Crippen LogP contribution >= 0.6 is 0 Å². The van der Waals surface area contributed by atoms with Crippen molar-refractivity contribution in [3.05, 3.63) is 89.0 Å². The summed E-state index contributed by atoms with van der Waals surface area (Å²) in [5.41, 5.74) is 7.90. The van der Waals surface area contributed by atoms with Gasteiger partial charge in [-0.2, -0.15) is 0 Å². The van der Waals surface area contributed by atoms with Gasteiger partial charge >= 0.3 is 11.9 Å². The summed E-state index contributed by atoms with van der Waals surface area (Å²) >= 11 is 0.